The minimum atomic E-state index is -6.55. The second kappa shape index (κ2) is 9.76. The van der Waals surface area contributed by atoms with E-state index in [1.165, 1.54) is 0 Å². The summed E-state index contributed by atoms with van der Waals surface area (Å²) in [6, 6.07) is 3.77. The molecule has 0 saturated heterocycles. The minimum absolute atomic E-state index is 0.0691. The molecule has 1 aromatic rings. The lowest BCUT2D eigenvalue weighted by Gasteiger charge is -2.33. The van der Waals surface area contributed by atoms with Crippen molar-refractivity contribution < 1.29 is 54.0 Å². The molecule has 1 aromatic carbocycles. The van der Waals surface area contributed by atoms with Gasteiger partial charge < -0.3 is 9.47 Å². The Bertz CT molecular complexity index is 988. The first-order valence-electron chi connectivity index (χ1n) is 9.91. The molecule has 0 bridgehead atoms. The van der Waals surface area contributed by atoms with Crippen molar-refractivity contribution in [3.63, 3.8) is 0 Å². The van der Waals surface area contributed by atoms with Crippen molar-refractivity contribution in [3.05, 3.63) is 29.8 Å². The lowest BCUT2D eigenvalue weighted by Crippen LogP contribution is -2.52. The molecule has 1 rings (SSSR count). The zero-order valence-corrected chi connectivity index (χ0v) is 20.2. The highest BCUT2D eigenvalue weighted by molar-refractivity contribution is 7.86. The van der Waals surface area contributed by atoms with Crippen LogP contribution >= 0.6 is 0 Å². The van der Waals surface area contributed by atoms with Gasteiger partial charge in [0.2, 0.25) is 0 Å². The molecule has 0 radical (unpaired) electrons. The number of benzene rings is 1. The Hall–Kier alpha value is -2.28. The average Bonchev–Trinajstić information content (AvgIpc) is 2.60. The van der Waals surface area contributed by atoms with E-state index in [2.05, 4.69) is 4.74 Å². The summed E-state index contributed by atoms with van der Waals surface area (Å²) in [4.78, 5) is 24.7. The Kier molecular flexibility index (Phi) is 8.54. The number of halogens is 5. The molecule has 0 saturated carbocycles. The van der Waals surface area contributed by atoms with Crippen molar-refractivity contribution in [2.45, 2.75) is 65.5 Å². The Balaban J connectivity index is 3.08. The molecule has 0 fully saturated rings. The molecule has 7 nitrogen and oxygen atoms in total. The van der Waals surface area contributed by atoms with Gasteiger partial charge in [0.1, 0.15) is 5.75 Å². The first-order valence-corrected chi connectivity index (χ1v) is 11.3. The molecule has 2 unspecified atom stereocenters. The van der Waals surface area contributed by atoms with E-state index in [0.717, 1.165) is 24.3 Å². The zero-order valence-electron chi connectivity index (χ0n) is 19.4. The predicted octanol–water partition coefficient (Wildman–Crippen LogP) is 5.26. The predicted molar refractivity (Wildman–Crippen MR) is 111 cm³/mol. The maximum atomic E-state index is 13.6. The fourth-order valence-corrected chi connectivity index (χ4v) is 3.29. The molecule has 13 heteroatoms. The van der Waals surface area contributed by atoms with Crippen molar-refractivity contribution in [2.24, 2.45) is 16.7 Å². The van der Waals surface area contributed by atoms with Crippen LogP contribution in [0.2, 0.25) is 0 Å². The third kappa shape index (κ3) is 7.90. The zero-order chi connectivity index (χ0) is 26.9. The third-order valence-corrected chi connectivity index (χ3v) is 5.53. The molecule has 0 aromatic heterocycles. The Labute approximate surface area is 194 Å². The number of hydrogen-bond donors (Lipinski definition) is 1. The molecule has 2 atom stereocenters. The van der Waals surface area contributed by atoms with Crippen LogP contribution in [0.4, 0.5) is 22.0 Å². The van der Waals surface area contributed by atoms with Crippen molar-refractivity contribution in [2.75, 3.05) is 0 Å². The van der Waals surface area contributed by atoms with E-state index in [9.17, 15) is 40.0 Å². The second-order valence-electron chi connectivity index (χ2n) is 9.99. The molecular formula is C21H27F5O7S. The first kappa shape index (κ1) is 29.8. The lowest BCUT2D eigenvalue weighted by molar-refractivity contribution is -0.248. The maximum Gasteiger partial charge on any atom is 0.432 e. The van der Waals surface area contributed by atoms with Gasteiger partial charge in [0.15, 0.2) is 0 Å². The average molecular weight is 518 g/mol. The summed E-state index contributed by atoms with van der Waals surface area (Å²) in [5, 5.41) is -5.84. The van der Waals surface area contributed by atoms with Gasteiger partial charge in [-0.2, -0.15) is 30.4 Å². The van der Waals surface area contributed by atoms with Crippen LogP contribution in [0.5, 0.6) is 5.75 Å². The van der Waals surface area contributed by atoms with E-state index in [1.807, 2.05) is 41.5 Å². The van der Waals surface area contributed by atoms with E-state index in [1.54, 1.807) is 0 Å². The van der Waals surface area contributed by atoms with Crippen LogP contribution in [-0.4, -0.2) is 42.4 Å². The molecule has 1 N–H and O–H groups in total. The molecule has 0 aliphatic carbocycles. The molecule has 0 amide bonds. The number of alkyl halides is 5. The van der Waals surface area contributed by atoms with E-state index in [-0.39, 0.29) is 11.2 Å². The van der Waals surface area contributed by atoms with Crippen molar-refractivity contribution in [1.82, 2.24) is 0 Å². The smallest absolute Gasteiger partial charge is 0.432 e. The summed E-state index contributed by atoms with van der Waals surface area (Å²) < 4.78 is 105. The van der Waals surface area contributed by atoms with Gasteiger partial charge in [-0.1, -0.05) is 41.5 Å². The van der Waals surface area contributed by atoms with Crippen LogP contribution in [0.1, 0.15) is 58.3 Å². The van der Waals surface area contributed by atoms with E-state index in [4.69, 9.17) is 9.29 Å². The van der Waals surface area contributed by atoms with Crippen LogP contribution in [0, 0.1) is 16.7 Å². The number of carbonyl (C=O) groups is 2. The lowest BCUT2D eigenvalue weighted by atomic mass is 9.72. The molecule has 194 valence electrons. The topological polar surface area (TPSA) is 107 Å². The van der Waals surface area contributed by atoms with Gasteiger partial charge in [0.25, 0.3) is 6.10 Å². The highest BCUT2D eigenvalue weighted by Gasteiger charge is 2.66. The number of rotatable bonds is 7. The molecule has 0 aliphatic heterocycles. The molecule has 34 heavy (non-hydrogen) atoms. The number of hydrogen-bond acceptors (Lipinski definition) is 6. The first-order chi connectivity index (χ1) is 15.0. The van der Waals surface area contributed by atoms with Gasteiger partial charge >= 0.3 is 33.5 Å². The van der Waals surface area contributed by atoms with Crippen LogP contribution < -0.4 is 4.74 Å². The largest absolute Gasteiger partial charge is 0.441 e. The Morgan fingerprint density at radius 2 is 1.41 bits per heavy atom. The standard InChI is InChI=1S/C21H27F5O7S/c1-18(2,3)11-14(19(4,5)6)16(28)32-13-9-7-12(8-10-13)15(27)33-17(20(22,23)24)21(25,26)34(29,30)31/h7-10,14,17H,11H2,1-6H3,(H,29,30,31). The van der Waals surface area contributed by atoms with Crippen LogP contribution in [-0.2, 0) is 19.6 Å². The fourth-order valence-electron chi connectivity index (χ4n) is 2.84. The number of carbonyl (C=O) groups excluding carboxylic acids is 2. The van der Waals surface area contributed by atoms with E-state index < -0.39 is 56.5 Å². The molecular weight excluding hydrogens is 491 g/mol. The van der Waals surface area contributed by atoms with Crippen LogP contribution in [0.25, 0.3) is 0 Å². The summed E-state index contributed by atoms with van der Waals surface area (Å²) in [6.07, 6.45) is -9.98. The normalized spacial score (nSPS) is 15.4. The minimum Gasteiger partial charge on any atom is -0.441 e. The van der Waals surface area contributed by atoms with E-state index in [0.29, 0.717) is 6.42 Å². The Morgan fingerprint density at radius 3 is 1.76 bits per heavy atom. The number of esters is 2. The monoisotopic (exact) mass is 518 g/mol. The van der Waals surface area contributed by atoms with Gasteiger partial charge in [0, 0.05) is 0 Å². The van der Waals surface area contributed by atoms with Crippen molar-refractivity contribution in [1.29, 1.82) is 0 Å². The number of ether oxygens (including phenoxy) is 2. The quantitative estimate of drug-likeness (QED) is 0.227. The summed E-state index contributed by atoms with van der Waals surface area (Å²) in [6.45, 7) is 11.4. The van der Waals surface area contributed by atoms with Gasteiger partial charge in [0.05, 0.1) is 11.5 Å². The van der Waals surface area contributed by atoms with Crippen molar-refractivity contribution >= 4 is 22.1 Å². The van der Waals surface area contributed by atoms with Crippen LogP contribution in [0.3, 0.4) is 0 Å². The summed E-state index contributed by atoms with van der Waals surface area (Å²) >= 11 is 0. The van der Waals surface area contributed by atoms with Gasteiger partial charge in [-0.25, -0.2) is 4.79 Å². The summed E-state index contributed by atoms with van der Waals surface area (Å²) in [7, 11) is -6.55. The SMILES string of the molecule is CC(C)(C)CC(C(=O)Oc1ccc(C(=O)OC(C(F)(F)F)C(F)(F)S(=O)(=O)O)cc1)C(C)(C)C. The van der Waals surface area contributed by atoms with Gasteiger partial charge in [-0.15, -0.1) is 0 Å². The highest BCUT2D eigenvalue weighted by atomic mass is 32.2. The third-order valence-electron chi connectivity index (χ3n) is 4.63. The fraction of sp³-hybridized carbons (Fsp3) is 0.619. The summed E-state index contributed by atoms with van der Waals surface area (Å²) in [5.74, 6) is -3.11. The molecule has 0 spiro atoms. The summed E-state index contributed by atoms with van der Waals surface area (Å²) in [5.41, 5.74) is -1.33. The highest BCUT2D eigenvalue weighted by Crippen LogP contribution is 2.39. The molecule has 0 aliphatic rings. The molecule has 0 heterocycles. The van der Waals surface area contributed by atoms with Gasteiger partial charge in [-0.05, 0) is 41.5 Å². The Morgan fingerprint density at radius 1 is 0.941 bits per heavy atom. The van der Waals surface area contributed by atoms with E-state index >= 15 is 0 Å². The van der Waals surface area contributed by atoms with Crippen molar-refractivity contribution in [3.8, 4) is 5.75 Å². The van der Waals surface area contributed by atoms with Crippen LogP contribution in [0.15, 0.2) is 24.3 Å². The van der Waals surface area contributed by atoms with Gasteiger partial charge in [-0.3, -0.25) is 9.35 Å². The second-order valence-corrected chi connectivity index (χ2v) is 11.5. The maximum absolute atomic E-state index is 13.6.